The van der Waals surface area contributed by atoms with E-state index in [0.717, 1.165) is 0 Å². The van der Waals surface area contributed by atoms with Gasteiger partial charge in [-0.25, -0.2) is 4.39 Å². The van der Waals surface area contributed by atoms with Gasteiger partial charge in [0.05, 0.1) is 6.10 Å². The molecule has 2 rings (SSSR count). The second kappa shape index (κ2) is 6.55. The van der Waals surface area contributed by atoms with Gasteiger partial charge in [-0.05, 0) is 29.8 Å². The van der Waals surface area contributed by atoms with E-state index < -0.39 is 17.8 Å². The van der Waals surface area contributed by atoms with Crippen LogP contribution in [-0.4, -0.2) is 11.7 Å². The van der Waals surface area contributed by atoms with Gasteiger partial charge in [0.1, 0.15) is 5.82 Å². The highest BCUT2D eigenvalue weighted by Gasteiger charge is 2.25. The van der Waals surface area contributed by atoms with E-state index >= 15 is 0 Å². The summed E-state index contributed by atoms with van der Waals surface area (Å²) in [5, 5.41) is 11.3. The molecule has 5 heteroatoms. The molecule has 2 atom stereocenters. The fraction of sp³-hybridized carbons (Fsp3) is 0.200. The van der Waals surface area contributed by atoms with Gasteiger partial charge in [0.2, 0.25) is 0 Å². The van der Waals surface area contributed by atoms with Crippen LogP contribution in [0.3, 0.4) is 0 Å². The molecule has 0 saturated carbocycles. The Hall–Kier alpha value is -1.13. The lowest BCUT2D eigenvalue weighted by molar-refractivity contribution is 0.143. The first-order valence-corrected chi connectivity index (χ1v) is 6.87. The highest BCUT2D eigenvalue weighted by Crippen LogP contribution is 2.35. The molecule has 0 aliphatic carbocycles. The molecule has 0 aliphatic rings. The first-order valence-electron chi connectivity index (χ1n) is 6.12. The molecule has 2 aromatic carbocycles. The number of aliphatic hydroxyl groups is 1. The van der Waals surface area contributed by atoms with Gasteiger partial charge in [-0.1, -0.05) is 41.4 Å². The van der Waals surface area contributed by atoms with Crippen LogP contribution in [0, 0.1) is 5.82 Å². The maximum absolute atomic E-state index is 13.8. The van der Waals surface area contributed by atoms with Gasteiger partial charge in [-0.3, -0.25) is 0 Å². The van der Waals surface area contributed by atoms with Crippen LogP contribution in [0.4, 0.5) is 4.39 Å². The van der Waals surface area contributed by atoms with Crippen LogP contribution >= 0.6 is 23.2 Å². The number of hydrogen-bond donors (Lipinski definition) is 2. The third-order valence-corrected chi connectivity index (χ3v) is 3.80. The molecule has 106 valence electrons. The molecule has 2 aromatic rings. The van der Waals surface area contributed by atoms with Gasteiger partial charge in [0.15, 0.2) is 0 Å². The van der Waals surface area contributed by atoms with Crippen molar-refractivity contribution >= 4 is 23.2 Å². The summed E-state index contributed by atoms with van der Waals surface area (Å²) < 4.78 is 13.8. The van der Waals surface area contributed by atoms with Crippen LogP contribution < -0.4 is 5.73 Å². The van der Waals surface area contributed by atoms with Crippen molar-refractivity contribution in [1.29, 1.82) is 0 Å². The normalized spacial score (nSPS) is 14.1. The van der Waals surface area contributed by atoms with Crippen LogP contribution in [0.2, 0.25) is 10.0 Å². The van der Waals surface area contributed by atoms with Crippen molar-refractivity contribution in [2.24, 2.45) is 5.73 Å². The summed E-state index contributed by atoms with van der Waals surface area (Å²) in [5.41, 5.74) is 6.53. The molecule has 0 heterocycles. The van der Waals surface area contributed by atoms with Crippen LogP contribution in [0.15, 0.2) is 42.5 Å². The van der Waals surface area contributed by atoms with E-state index in [4.69, 9.17) is 28.9 Å². The molecule has 2 unspecified atom stereocenters. The second-order valence-electron chi connectivity index (χ2n) is 4.47. The Morgan fingerprint density at radius 3 is 2.45 bits per heavy atom. The summed E-state index contributed by atoms with van der Waals surface area (Å²) in [4.78, 5) is 0. The lowest BCUT2D eigenvalue weighted by Crippen LogP contribution is -2.21. The molecule has 0 fully saturated rings. The zero-order valence-corrected chi connectivity index (χ0v) is 12.1. The summed E-state index contributed by atoms with van der Waals surface area (Å²) in [6.07, 6.45) is -1.11. The molecule has 0 radical (unpaired) electrons. The monoisotopic (exact) mass is 313 g/mol. The standard InChI is InChI=1S/C15H14Cl2FNO/c16-9-5-6-14(18)11(7-9)15(20)12(8-19)10-3-1-2-4-13(10)17/h1-7,12,15,20H,8,19H2. The molecule has 0 aliphatic heterocycles. The van der Waals surface area contributed by atoms with Gasteiger partial charge in [-0.15, -0.1) is 0 Å². The van der Waals surface area contributed by atoms with Crippen molar-refractivity contribution in [2.75, 3.05) is 6.54 Å². The molecule has 3 N–H and O–H groups in total. The van der Waals surface area contributed by atoms with E-state index in [1.54, 1.807) is 24.3 Å². The minimum absolute atomic E-state index is 0.118. The van der Waals surface area contributed by atoms with Crippen molar-refractivity contribution in [2.45, 2.75) is 12.0 Å². The summed E-state index contributed by atoms with van der Waals surface area (Å²) in [5.74, 6) is -1.02. The number of halogens is 3. The summed E-state index contributed by atoms with van der Waals surface area (Å²) in [7, 11) is 0. The largest absolute Gasteiger partial charge is 0.388 e. The molecule has 0 bridgehead atoms. The fourth-order valence-corrected chi connectivity index (χ4v) is 2.62. The zero-order valence-electron chi connectivity index (χ0n) is 10.6. The number of hydrogen-bond acceptors (Lipinski definition) is 2. The predicted molar refractivity (Wildman–Crippen MR) is 79.6 cm³/mol. The third kappa shape index (κ3) is 3.13. The van der Waals surface area contributed by atoms with E-state index in [-0.39, 0.29) is 12.1 Å². The predicted octanol–water partition coefficient (Wildman–Crippen LogP) is 3.91. The molecular weight excluding hydrogens is 300 g/mol. The van der Waals surface area contributed by atoms with Crippen LogP contribution in [0.5, 0.6) is 0 Å². The smallest absolute Gasteiger partial charge is 0.129 e. The third-order valence-electron chi connectivity index (χ3n) is 3.22. The molecule has 0 saturated heterocycles. The van der Waals surface area contributed by atoms with Gasteiger partial charge in [-0.2, -0.15) is 0 Å². The van der Waals surface area contributed by atoms with Crippen LogP contribution in [-0.2, 0) is 0 Å². The van der Waals surface area contributed by atoms with Gasteiger partial charge < -0.3 is 10.8 Å². The molecule has 2 nitrogen and oxygen atoms in total. The highest BCUT2D eigenvalue weighted by molar-refractivity contribution is 6.31. The van der Waals surface area contributed by atoms with Crippen molar-refractivity contribution in [1.82, 2.24) is 0 Å². The molecule has 0 aromatic heterocycles. The zero-order chi connectivity index (χ0) is 14.7. The number of rotatable bonds is 4. The Morgan fingerprint density at radius 2 is 1.80 bits per heavy atom. The average Bonchev–Trinajstić information content (AvgIpc) is 2.44. The summed E-state index contributed by atoms with van der Waals surface area (Å²) in [6.45, 7) is 0.136. The van der Waals surface area contributed by atoms with Crippen molar-refractivity contribution in [3.05, 3.63) is 69.5 Å². The Bertz CT molecular complexity index is 606. The lowest BCUT2D eigenvalue weighted by atomic mass is 9.89. The first kappa shape index (κ1) is 15.3. The highest BCUT2D eigenvalue weighted by atomic mass is 35.5. The number of aliphatic hydroxyl groups excluding tert-OH is 1. The van der Waals surface area contributed by atoms with E-state index in [1.165, 1.54) is 18.2 Å². The fourth-order valence-electron chi connectivity index (χ4n) is 2.16. The quantitative estimate of drug-likeness (QED) is 0.899. The van der Waals surface area contributed by atoms with Crippen molar-refractivity contribution in [3.8, 4) is 0 Å². The maximum atomic E-state index is 13.8. The minimum atomic E-state index is -1.11. The van der Waals surface area contributed by atoms with E-state index in [2.05, 4.69) is 0 Å². The maximum Gasteiger partial charge on any atom is 0.129 e. The topological polar surface area (TPSA) is 46.2 Å². The Kier molecular flexibility index (Phi) is 5.00. The van der Waals surface area contributed by atoms with E-state index in [9.17, 15) is 9.50 Å². The minimum Gasteiger partial charge on any atom is -0.388 e. The van der Waals surface area contributed by atoms with Crippen LogP contribution in [0.1, 0.15) is 23.1 Å². The molecular formula is C15H14Cl2FNO. The number of benzene rings is 2. The molecule has 20 heavy (non-hydrogen) atoms. The van der Waals surface area contributed by atoms with E-state index in [0.29, 0.717) is 15.6 Å². The van der Waals surface area contributed by atoms with Crippen molar-refractivity contribution in [3.63, 3.8) is 0 Å². The van der Waals surface area contributed by atoms with Gasteiger partial charge in [0.25, 0.3) is 0 Å². The van der Waals surface area contributed by atoms with Gasteiger partial charge >= 0.3 is 0 Å². The molecule has 0 amide bonds. The van der Waals surface area contributed by atoms with Crippen LogP contribution in [0.25, 0.3) is 0 Å². The number of nitrogens with two attached hydrogens (primary N) is 1. The second-order valence-corrected chi connectivity index (χ2v) is 5.32. The molecule has 0 spiro atoms. The Balaban J connectivity index is 2.41. The Morgan fingerprint density at radius 1 is 1.10 bits per heavy atom. The SMILES string of the molecule is NCC(c1ccccc1Cl)C(O)c1cc(Cl)ccc1F. The lowest BCUT2D eigenvalue weighted by Gasteiger charge is -2.23. The van der Waals surface area contributed by atoms with E-state index in [1.807, 2.05) is 0 Å². The van der Waals surface area contributed by atoms with Gasteiger partial charge in [0, 0.05) is 28.1 Å². The first-order chi connectivity index (χ1) is 9.54. The Labute approximate surface area is 126 Å². The summed E-state index contributed by atoms with van der Waals surface area (Å²) in [6, 6.07) is 11.1. The van der Waals surface area contributed by atoms with Crippen molar-refractivity contribution < 1.29 is 9.50 Å². The average molecular weight is 314 g/mol. The summed E-state index contributed by atoms with van der Waals surface area (Å²) >= 11 is 12.0.